The van der Waals surface area contributed by atoms with Crippen LogP contribution in [0.25, 0.3) is 0 Å². The number of hydrogen-bond acceptors (Lipinski definition) is 30. The Morgan fingerprint density at radius 3 is 1.25 bits per heavy atom. The van der Waals surface area contributed by atoms with Gasteiger partial charge in [0.1, 0.15) is 12.1 Å². The lowest BCUT2D eigenvalue weighted by Gasteiger charge is -2.41. The summed E-state index contributed by atoms with van der Waals surface area (Å²) < 4.78 is 55.2. The van der Waals surface area contributed by atoms with Crippen molar-refractivity contribution >= 4 is 50.9 Å². The van der Waals surface area contributed by atoms with E-state index in [1.54, 1.807) is 61.0 Å². The number of rotatable bonds is 44. The molecule has 1 aromatic rings. The highest BCUT2D eigenvalue weighted by Gasteiger charge is 2.43. The minimum atomic E-state index is -3.73. The third kappa shape index (κ3) is 140. The predicted molar refractivity (Wildman–Crippen MR) is 582 cm³/mol. The fraction of sp³-hybridized carbons (Fsp3) is 0.907. The predicted octanol–water partition coefficient (Wildman–Crippen LogP) is 12.6. The fourth-order valence-corrected chi connectivity index (χ4v) is 10.9. The summed E-state index contributed by atoms with van der Waals surface area (Å²) in [4.78, 5) is 91.7. The van der Waals surface area contributed by atoms with Crippen molar-refractivity contribution < 1.29 is 106 Å². The Morgan fingerprint density at radius 2 is 0.949 bits per heavy atom. The summed E-state index contributed by atoms with van der Waals surface area (Å²) >= 11 is 0. The third-order valence-electron chi connectivity index (χ3n) is 15.8. The van der Waals surface area contributed by atoms with Crippen molar-refractivity contribution in [3.63, 3.8) is 0 Å². The van der Waals surface area contributed by atoms with Crippen molar-refractivity contribution in [3.05, 3.63) is 18.2 Å². The Labute approximate surface area is 846 Å². The molecule has 41 heteroatoms. The van der Waals surface area contributed by atoms with Crippen LogP contribution >= 0.6 is 15.4 Å². The van der Waals surface area contributed by atoms with Gasteiger partial charge < -0.3 is 146 Å². The van der Waals surface area contributed by atoms with Crippen molar-refractivity contribution in [2.45, 2.75) is 485 Å². The first kappa shape index (κ1) is 176. The number of piperidine rings is 1. The average Bonchev–Trinajstić information content (AvgIpc) is 0.877. The van der Waals surface area contributed by atoms with E-state index in [2.05, 4.69) is 161 Å². The first-order valence-corrected chi connectivity index (χ1v) is 50.3. The zero-order valence-electron chi connectivity index (χ0n) is 87.0. The molecule has 2 aliphatic rings. The van der Waals surface area contributed by atoms with Gasteiger partial charge in [0, 0.05) is 126 Å². The molecule has 2 fully saturated rings. The number of H-pyrrole nitrogens is 1. The first-order chi connectivity index (χ1) is 60.1. The SMILES string of the molecule is C.C.C.C.C.C.C.C.CC(C)N1CCCCC1.CC(C)NC(=O)C(N)CO.CC(C)NC(=O)CCN.CC(C)NC(=O)[C@@H](N)CC(=O)O.CC(C)NC(=O)[C@@H](N)CCCCN.CC(C)NC(=O)[C@@H](N)Cc1cnc[nH]1.CC(C)OP(C)(=O)O.CC(C)O[C@@H]1O[C@H](CO)[C@@H](C)[C@H](O)[C@H]1O.CCCCNC(C)C.CCCCOC(C)C.CCCOC(C)C.CNCCNC(C)C.COP(=O)(O)OC(C)C. The van der Waals surface area contributed by atoms with Gasteiger partial charge in [0.2, 0.25) is 29.5 Å². The molecule has 0 aliphatic carbocycles. The minimum absolute atomic E-state index is 0. The second kappa shape index (κ2) is 115. The minimum Gasteiger partial charge on any atom is -0.481 e. The fourth-order valence-electron chi connectivity index (χ4n) is 9.49. The number of likely N-dealkylation sites (tertiary alicyclic amines) is 1. The van der Waals surface area contributed by atoms with E-state index >= 15 is 0 Å². The molecule has 1 aromatic heterocycles. The summed E-state index contributed by atoms with van der Waals surface area (Å²) in [5.74, 6) is -2.27. The Morgan fingerprint density at radius 1 is 0.529 bits per heavy atom. The standard InChI is InChI=1S/C10H20O5.C9H16N4O.C9H21N3O.C8H17N.C7H14N2O3.C7H17N.C7H16O.C6H14N2O2.C6H14N2O.C6H16N2.C6H14O.C4H11O4P.C4H11O3P.8CH4/c1-5(2)14-10-9(13)8(12)6(3)7(4-11)15-10;1-6(2)13-9(14)8(10)3-7-4-11-5-12-7;1-7(2)12-9(13)8(11)5-3-4-6-10;1-8(2)9-6-4-3-5-7-9;1-4(2)9-7(12)5(8)3-6(10)11;2*1-4-5-6-8-7(2)3;1-4(2)8-6(10)5(7)3-9;1-5(2)8-6(9)3-4-7;1-6(2)8-5-4-7-3;1-4-5-7-6(2)3;1-4(2)8-9(5,6)7-3;1-4(2)7-8(3,5)6;;;;;;;;/h5-13H,4H2,1-3H3;4-6,8H,3,10H2,1-2H3,(H,11,12)(H,13,14);7-8H,3-6,10-11H2,1-2H3,(H,12,13);8H,3-7H2,1-2H3;4-5H,3,8H2,1-2H3,(H,9,12)(H,10,11);7-8H,4-6H2,1-3H3;7H,4-6H2,1-3H3;4-5,9H,3,7H2,1-2H3,(H,8,10);5H,3-4,7H2,1-2H3,(H,8,9);6-8H,4-5H2,1-3H3;6H,4-5H2,1-3H3;4H,1-3H3,(H,5,6);4H,1-3H3,(H,5,6);8*1H4/t6-,7-,8+,9-,10-;2*8-;;5-;;;;;;;;;;;;;;;;/m100.0................/s1. The third-order valence-corrected chi connectivity index (χ3v) is 17.8. The molecule has 11 atom stereocenters. The smallest absolute Gasteiger partial charge is 0.472 e. The summed E-state index contributed by atoms with van der Waals surface area (Å²) in [6, 6.07) is -0.0378. The molecule has 0 bridgehead atoms. The molecular weight excluding hydrogens is 1820 g/mol. The number of carbonyl (C=O) groups is 6. The molecule has 0 aromatic carbocycles. The number of carboxylic acids is 1. The molecule has 0 radical (unpaired) electrons. The number of aliphatic hydroxyl groups is 4. The van der Waals surface area contributed by atoms with Crippen molar-refractivity contribution in [2.24, 2.45) is 40.3 Å². The van der Waals surface area contributed by atoms with Crippen LogP contribution in [0, 0.1) is 5.92 Å². The van der Waals surface area contributed by atoms with Gasteiger partial charge in [0.25, 0.3) is 0 Å². The van der Waals surface area contributed by atoms with Crippen LogP contribution in [0.5, 0.6) is 0 Å². The highest BCUT2D eigenvalue weighted by Crippen LogP contribution is 2.43. The molecule has 3 unspecified atom stereocenters. The van der Waals surface area contributed by atoms with Crippen LogP contribution in [0.3, 0.4) is 0 Å². The lowest BCUT2D eigenvalue weighted by Crippen LogP contribution is -2.55. The van der Waals surface area contributed by atoms with Gasteiger partial charge in [-0.2, -0.15) is 0 Å². The number of amides is 5. The Balaban J connectivity index is -0.0000000708. The van der Waals surface area contributed by atoms with E-state index in [4.69, 9.17) is 78.5 Å². The van der Waals surface area contributed by atoms with E-state index in [0.717, 1.165) is 70.8 Å². The highest BCUT2D eigenvalue weighted by molar-refractivity contribution is 7.51. The molecule has 2 aliphatic heterocycles. The number of nitrogens with two attached hydrogens (primary N) is 6. The summed E-state index contributed by atoms with van der Waals surface area (Å²) in [7, 11) is -3.86. The van der Waals surface area contributed by atoms with Crippen LogP contribution in [-0.2, 0) is 76.8 Å². The number of ether oxygens (including phenoxy) is 4. The summed E-state index contributed by atoms with van der Waals surface area (Å²) in [6.07, 6.45) is 13.7. The van der Waals surface area contributed by atoms with Gasteiger partial charge in [0.05, 0.1) is 86.8 Å². The number of carboxylic acid groups (broad SMARTS) is 1. The van der Waals surface area contributed by atoms with E-state index in [0.29, 0.717) is 50.2 Å². The van der Waals surface area contributed by atoms with Gasteiger partial charge in [-0.1, -0.05) is 140 Å². The lowest BCUT2D eigenvalue weighted by atomic mass is 9.91. The van der Waals surface area contributed by atoms with Crippen molar-refractivity contribution in [1.82, 2.24) is 57.4 Å². The monoisotopic (exact) mass is 2050 g/mol. The molecule has 3 heterocycles. The number of hydrogen-bond donors (Lipinski definition) is 22. The summed E-state index contributed by atoms with van der Waals surface area (Å²) in [5.41, 5.74) is 33.2. The maximum atomic E-state index is 11.4. The molecule has 0 saturated carbocycles. The molecule has 848 valence electrons. The Bertz CT molecular complexity index is 2750. The van der Waals surface area contributed by atoms with Crippen molar-refractivity contribution in [1.29, 1.82) is 0 Å². The molecule has 39 nitrogen and oxygen atoms in total. The van der Waals surface area contributed by atoms with Crippen molar-refractivity contribution in [2.75, 3.05) is 93.1 Å². The number of imidazole rings is 1. The second-order valence-corrected chi connectivity index (χ2v) is 38.1. The average molecular weight is 2050 g/mol. The highest BCUT2D eigenvalue weighted by atomic mass is 31.2. The largest absolute Gasteiger partial charge is 0.481 e. The maximum absolute atomic E-state index is 11.4. The zero-order valence-corrected chi connectivity index (χ0v) is 88.8. The van der Waals surface area contributed by atoms with E-state index in [-0.39, 0.29) is 163 Å². The van der Waals surface area contributed by atoms with Gasteiger partial charge in [0.15, 0.2) is 6.29 Å². The van der Waals surface area contributed by atoms with Gasteiger partial charge in [-0.15, -0.1) is 0 Å². The van der Waals surface area contributed by atoms with Crippen LogP contribution in [0.1, 0.15) is 356 Å². The quantitative estimate of drug-likeness (QED) is 0.0213. The van der Waals surface area contributed by atoms with E-state index < -0.39 is 70.0 Å². The first-order valence-electron chi connectivity index (χ1n) is 46.7. The molecule has 3 rings (SSSR count). The number of unbranched alkanes of at least 4 members (excludes halogenated alkanes) is 3. The van der Waals surface area contributed by atoms with Crippen LogP contribution < -0.4 is 76.9 Å². The number of likely N-dealkylation sites (N-methyl/N-ethyl adjacent to an activating group) is 1. The topological polar surface area (TPSA) is 627 Å². The van der Waals surface area contributed by atoms with Crippen LogP contribution in [0.15, 0.2) is 12.5 Å². The lowest BCUT2D eigenvalue weighted by molar-refractivity contribution is -0.296. The molecule has 28 N–H and O–H groups in total. The van der Waals surface area contributed by atoms with Gasteiger partial charge in [-0.3, -0.25) is 42.4 Å². The number of nitrogens with zero attached hydrogens (tertiary/aromatic N) is 2. The number of carbonyl (C=O) groups excluding carboxylic acids is 5. The number of aliphatic carboxylic acids is 1. The van der Waals surface area contributed by atoms with Gasteiger partial charge in [-0.25, -0.2) is 9.55 Å². The normalized spacial score (nSPS) is 15.9. The van der Waals surface area contributed by atoms with E-state index in [1.807, 2.05) is 76.3 Å². The van der Waals surface area contributed by atoms with Crippen LogP contribution in [0.2, 0.25) is 0 Å². The Kier molecular flexibility index (Phi) is 146. The van der Waals surface area contributed by atoms with Crippen LogP contribution in [0.4, 0.5) is 0 Å². The number of aliphatic hydroxyl groups excluding tert-OH is 4. The summed E-state index contributed by atoms with van der Waals surface area (Å²) in [6.45, 7) is 68.3. The summed E-state index contributed by atoms with van der Waals surface area (Å²) in [5, 5.41) is 68.2. The number of phosphoric acid groups is 1. The second-order valence-electron chi connectivity index (χ2n) is 34.8. The number of aromatic nitrogens is 2. The van der Waals surface area contributed by atoms with Crippen LogP contribution in [-0.4, -0.2) is 306 Å². The van der Waals surface area contributed by atoms with E-state index in [1.165, 1.54) is 71.2 Å². The number of phosphoric ester groups is 1. The molecule has 0 spiro atoms. The van der Waals surface area contributed by atoms with Gasteiger partial charge >= 0.3 is 21.4 Å². The van der Waals surface area contributed by atoms with Gasteiger partial charge in [-0.05, 0) is 230 Å². The Hall–Kier alpha value is -4.43. The van der Waals surface area contributed by atoms with Crippen molar-refractivity contribution in [3.8, 4) is 0 Å². The molecular formula is C97H233N17O22P2. The molecule has 2 saturated heterocycles. The maximum Gasteiger partial charge on any atom is 0.472 e. The molecule has 5 amide bonds. The zero-order chi connectivity index (χ0) is 103. The number of aromatic amines is 1. The molecule has 138 heavy (non-hydrogen) atoms. The van der Waals surface area contributed by atoms with E-state index in [9.17, 15) is 48.1 Å². The number of nitrogens with one attached hydrogen (secondary N) is 9.